The van der Waals surface area contributed by atoms with Crippen molar-refractivity contribution in [3.8, 4) is 0 Å². The highest BCUT2D eigenvalue weighted by Crippen LogP contribution is 2.52. The number of hydrogen-bond donors (Lipinski definition) is 0. The number of methoxy groups -OCH3 is 1. The van der Waals surface area contributed by atoms with Gasteiger partial charge in [-0.05, 0) is 27.2 Å². The Bertz CT molecular complexity index is 897. The summed E-state index contributed by atoms with van der Waals surface area (Å²) < 4.78 is 16.5. The highest BCUT2D eigenvalue weighted by molar-refractivity contribution is 5.94. The number of esters is 2. The van der Waals surface area contributed by atoms with Gasteiger partial charge in [0.2, 0.25) is 0 Å². The Labute approximate surface area is 174 Å². The third-order valence-corrected chi connectivity index (χ3v) is 5.89. The highest BCUT2D eigenvalue weighted by atomic mass is 16.6. The molecule has 3 rings (SSSR count). The molecule has 0 saturated carbocycles. The van der Waals surface area contributed by atoms with Gasteiger partial charge >= 0.3 is 11.9 Å². The number of carbonyl (C=O) groups is 2. The lowest BCUT2D eigenvalue weighted by atomic mass is 9.70. The molecule has 1 aromatic carbocycles. The number of fused-ring (bicyclic) bond motifs is 1. The Kier molecular flexibility index (Phi) is 6.12. The van der Waals surface area contributed by atoms with Crippen LogP contribution in [0, 0.1) is 16.0 Å². The topological polar surface area (TPSA) is 108 Å². The summed E-state index contributed by atoms with van der Waals surface area (Å²) in [5.41, 5.74) is -0.282. The smallest absolute Gasteiger partial charge is 0.336 e. The second-order valence-electron chi connectivity index (χ2n) is 7.42. The SMILES string of the molecule is CCOC(=O)[C@H]1[C@H](c2ccccc2[N+](=O)[O-])C(C(=O)OC)=C(C)N2CCCO[C@@]12C. The Morgan fingerprint density at radius 3 is 2.70 bits per heavy atom. The average molecular weight is 418 g/mol. The monoisotopic (exact) mass is 418 g/mol. The summed E-state index contributed by atoms with van der Waals surface area (Å²) in [6.07, 6.45) is 0.715. The lowest BCUT2D eigenvalue weighted by molar-refractivity contribution is -0.385. The van der Waals surface area contributed by atoms with Crippen molar-refractivity contribution in [2.45, 2.75) is 38.8 Å². The van der Waals surface area contributed by atoms with Crippen LogP contribution in [0.3, 0.4) is 0 Å². The minimum atomic E-state index is -1.12. The average Bonchev–Trinajstić information content (AvgIpc) is 2.72. The second kappa shape index (κ2) is 8.43. The second-order valence-corrected chi connectivity index (χ2v) is 7.42. The van der Waals surface area contributed by atoms with E-state index < -0.39 is 34.4 Å². The number of para-hydroxylation sites is 1. The zero-order chi connectivity index (χ0) is 22.1. The molecule has 3 atom stereocenters. The van der Waals surface area contributed by atoms with Crippen LogP contribution in [0.1, 0.15) is 38.7 Å². The molecule has 2 aliphatic rings. The molecule has 0 amide bonds. The number of nitro benzene ring substituents is 1. The summed E-state index contributed by atoms with van der Waals surface area (Å²) in [4.78, 5) is 39.2. The highest BCUT2D eigenvalue weighted by Gasteiger charge is 2.58. The zero-order valence-corrected chi connectivity index (χ0v) is 17.5. The normalized spacial score (nSPS) is 26.1. The van der Waals surface area contributed by atoms with E-state index in [-0.39, 0.29) is 23.4 Å². The lowest BCUT2D eigenvalue weighted by Gasteiger charge is -2.55. The quantitative estimate of drug-likeness (QED) is 0.408. The molecule has 0 aromatic heterocycles. The number of ether oxygens (including phenoxy) is 3. The fourth-order valence-corrected chi connectivity index (χ4v) is 4.63. The van der Waals surface area contributed by atoms with Gasteiger partial charge in [-0.25, -0.2) is 4.79 Å². The zero-order valence-electron chi connectivity index (χ0n) is 17.5. The Balaban J connectivity index is 2.35. The molecule has 1 fully saturated rings. The van der Waals surface area contributed by atoms with Gasteiger partial charge in [-0.1, -0.05) is 18.2 Å². The summed E-state index contributed by atoms with van der Waals surface area (Å²) >= 11 is 0. The molecule has 0 spiro atoms. The minimum Gasteiger partial charge on any atom is -0.466 e. The van der Waals surface area contributed by atoms with E-state index >= 15 is 0 Å². The first kappa shape index (κ1) is 21.8. The maximum Gasteiger partial charge on any atom is 0.336 e. The van der Waals surface area contributed by atoms with Gasteiger partial charge in [-0.2, -0.15) is 0 Å². The van der Waals surface area contributed by atoms with Crippen molar-refractivity contribution in [2.24, 2.45) is 5.92 Å². The Morgan fingerprint density at radius 1 is 1.37 bits per heavy atom. The van der Waals surface area contributed by atoms with Crippen LogP contribution in [-0.4, -0.2) is 54.4 Å². The van der Waals surface area contributed by atoms with Gasteiger partial charge in [0.1, 0.15) is 5.92 Å². The molecule has 2 aliphatic heterocycles. The minimum absolute atomic E-state index is 0.130. The Hall–Kier alpha value is -2.94. The summed E-state index contributed by atoms with van der Waals surface area (Å²) in [6.45, 7) is 6.33. The van der Waals surface area contributed by atoms with Crippen LogP contribution in [0.15, 0.2) is 35.5 Å². The van der Waals surface area contributed by atoms with Gasteiger partial charge in [0.25, 0.3) is 5.69 Å². The van der Waals surface area contributed by atoms with E-state index in [0.29, 0.717) is 25.3 Å². The standard InChI is InChI=1S/C21H26N2O7/c1-5-29-20(25)18-17(14-9-6-7-10-15(14)23(26)27)16(19(24)28-4)13(2)22-11-8-12-30-21(18,22)3/h6-7,9-10,17-18H,5,8,11-12H2,1-4H3/t17-,18-,21+/m1/s1. The number of nitrogens with zero attached hydrogens (tertiary/aromatic N) is 2. The summed E-state index contributed by atoms with van der Waals surface area (Å²) in [5.74, 6) is -3.18. The van der Waals surface area contributed by atoms with Crippen molar-refractivity contribution in [1.82, 2.24) is 4.90 Å². The fraction of sp³-hybridized carbons (Fsp3) is 0.524. The van der Waals surface area contributed by atoms with Gasteiger partial charge in [-0.15, -0.1) is 0 Å². The van der Waals surface area contributed by atoms with Crippen molar-refractivity contribution in [3.63, 3.8) is 0 Å². The number of rotatable bonds is 5. The molecule has 2 heterocycles. The number of benzene rings is 1. The maximum absolute atomic E-state index is 13.2. The molecule has 1 saturated heterocycles. The summed E-state index contributed by atoms with van der Waals surface area (Å²) in [7, 11) is 1.25. The van der Waals surface area contributed by atoms with Crippen LogP contribution >= 0.6 is 0 Å². The summed E-state index contributed by atoms with van der Waals surface area (Å²) in [5, 5.41) is 11.8. The van der Waals surface area contributed by atoms with Gasteiger partial charge < -0.3 is 19.1 Å². The van der Waals surface area contributed by atoms with Crippen LogP contribution in [0.2, 0.25) is 0 Å². The maximum atomic E-state index is 13.2. The number of nitro groups is 1. The lowest BCUT2D eigenvalue weighted by Crippen LogP contribution is -2.63. The largest absolute Gasteiger partial charge is 0.466 e. The predicted molar refractivity (Wildman–Crippen MR) is 106 cm³/mol. The van der Waals surface area contributed by atoms with Gasteiger partial charge in [-0.3, -0.25) is 14.9 Å². The molecule has 0 unspecified atom stereocenters. The molecule has 0 bridgehead atoms. The van der Waals surface area contributed by atoms with Crippen molar-refractivity contribution in [1.29, 1.82) is 0 Å². The Morgan fingerprint density at radius 2 is 2.07 bits per heavy atom. The molecule has 30 heavy (non-hydrogen) atoms. The molecule has 9 heteroatoms. The van der Waals surface area contributed by atoms with Gasteiger partial charge in [0, 0.05) is 29.8 Å². The van der Waals surface area contributed by atoms with Crippen LogP contribution in [0.4, 0.5) is 5.69 Å². The number of carbonyl (C=O) groups excluding carboxylic acids is 2. The first-order valence-corrected chi connectivity index (χ1v) is 9.88. The van der Waals surface area contributed by atoms with E-state index in [1.54, 1.807) is 39.0 Å². The van der Waals surface area contributed by atoms with E-state index in [2.05, 4.69) is 0 Å². The van der Waals surface area contributed by atoms with Gasteiger partial charge in [0.05, 0.1) is 30.8 Å². The number of allylic oxidation sites excluding steroid dienone is 1. The molecular weight excluding hydrogens is 392 g/mol. The first-order chi connectivity index (χ1) is 14.3. The summed E-state index contributed by atoms with van der Waals surface area (Å²) in [6, 6.07) is 6.11. The van der Waals surface area contributed by atoms with Crippen molar-refractivity contribution in [3.05, 3.63) is 51.2 Å². The molecular formula is C21H26N2O7. The first-order valence-electron chi connectivity index (χ1n) is 9.88. The third-order valence-electron chi connectivity index (χ3n) is 5.89. The fourth-order valence-electron chi connectivity index (χ4n) is 4.63. The molecule has 0 aliphatic carbocycles. The molecule has 9 nitrogen and oxygen atoms in total. The van der Waals surface area contributed by atoms with Crippen molar-refractivity contribution >= 4 is 17.6 Å². The molecule has 162 valence electrons. The van der Waals surface area contributed by atoms with Gasteiger partial charge in [0.15, 0.2) is 5.72 Å². The van der Waals surface area contributed by atoms with Crippen LogP contribution in [0.5, 0.6) is 0 Å². The van der Waals surface area contributed by atoms with Crippen molar-refractivity contribution < 1.29 is 28.7 Å². The van der Waals surface area contributed by atoms with E-state index in [1.807, 2.05) is 4.90 Å². The van der Waals surface area contributed by atoms with E-state index in [0.717, 1.165) is 0 Å². The van der Waals surface area contributed by atoms with Crippen molar-refractivity contribution in [2.75, 3.05) is 26.9 Å². The van der Waals surface area contributed by atoms with Crippen LogP contribution in [0.25, 0.3) is 0 Å². The van der Waals surface area contributed by atoms with E-state index in [9.17, 15) is 19.7 Å². The van der Waals surface area contributed by atoms with E-state index in [4.69, 9.17) is 14.2 Å². The van der Waals surface area contributed by atoms with E-state index in [1.165, 1.54) is 13.2 Å². The molecule has 0 radical (unpaired) electrons. The van der Waals surface area contributed by atoms with Crippen LogP contribution in [-0.2, 0) is 23.8 Å². The third kappa shape index (κ3) is 3.43. The predicted octanol–water partition coefficient (Wildman–Crippen LogP) is 2.76. The van der Waals surface area contributed by atoms with Crippen LogP contribution < -0.4 is 0 Å². The number of hydrogen-bond acceptors (Lipinski definition) is 8. The molecule has 1 aromatic rings. The molecule has 0 N–H and O–H groups in total.